The molecule has 0 heterocycles. The number of quaternary nitrogens is 1. The maximum absolute atomic E-state index is 12.4. The predicted molar refractivity (Wildman–Crippen MR) is 76.9 cm³/mol. The molecule has 2 aromatic carbocycles. The lowest BCUT2D eigenvalue weighted by Gasteiger charge is -2.16. The summed E-state index contributed by atoms with van der Waals surface area (Å²) >= 11 is 0. The summed E-state index contributed by atoms with van der Waals surface area (Å²) in [5, 5.41) is 0. The van der Waals surface area contributed by atoms with Crippen molar-refractivity contribution in [1.29, 1.82) is 0 Å². The van der Waals surface area contributed by atoms with Crippen molar-refractivity contribution in [1.82, 2.24) is 0 Å². The minimum atomic E-state index is -3.28. The van der Waals surface area contributed by atoms with Gasteiger partial charge in [-0.3, -0.25) is 4.57 Å². The summed E-state index contributed by atoms with van der Waals surface area (Å²) in [6, 6.07) is 19.1. The normalized spacial score (nSPS) is 15.7. The highest BCUT2D eigenvalue weighted by molar-refractivity contribution is 7.58. The van der Waals surface area contributed by atoms with E-state index in [1.165, 1.54) is 0 Å². The molecule has 0 aliphatic rings. The van der Waals surface area contributed by atoms with Gasteiger partial charge < -0.3 is 10.6 Å². The van der Waals surface area contributed by atoms with E-state index in [0.717, 1.165) is 11.1 Å². The molecule has 1 unspecified atom stereocenters. The van der Waals surface area contributed by atoms with Gasteiger partial charge in [-0.15, -0.1) is 0 Å². The van der Waals surface area contributed by atoms with Crippen LogP contribution in [0.1, 0.15) is 16.9 Å². The molecule has 0 aliphatic carbocycles. The van der Waals surface area contributed by atoms with Gasteiger partial charge in [0.2, 0.25) is 0 Å². The Hall–Kier alpha value is -1.41. The van der Waals surface area contributed by atoms with Gasteiger partial charge in [0.05, 0.1) is 0 Å². The fourth-order valence-corrected chi connectivity index (χ4v) is 3.53. The molecule has 4 heteroatoms. The monoisotopic (exact) mass is 276 g/mol. The Morgan fingerprint density at radius 3 is 2.11 bits per heavy atom. The molecule has 0 bridgehead atoms. The van der Waals surface area contributed by atoms with Crippen molar-refractivity contribution in [3.63, 3.8) is 0 Å². The Morgan fingerprint density at radius 1 is 1.00 bits per heavy atom. The van der Waals surface area contributed by atoms with E-state index in [4.69, 9.17) is 0 Å². The summed E-state index contributed by atoms with van der Waals surface area (Å²) in [5.74, 6) is -0.558. The van der Waals surface area contributed by atoms with Crippen LogP contribution >= 0.6 is 7.37 Å². The molecule has 2 atom stereocenters. The summed E-state index contributed by atoms with van der Waals surface area (Å²) in [4.78, 5) is 10.2. The van der Waals surface area contributed by atoms with Gasteiger partial charge in [-0.25, -0.2) is 0 Å². The van der Waals surface area contributed by atoms with Crippen LogP contribution in [0.25, 0.3) is 0 Å². The zero-order valence-electron chi connectivity index (χ0n) is 10.8. The van der Waals surface area contributed by atoms with E-state index in [9.17, 15) is 9.46 Å². The van der Waals surface area contributed by atoms with E-state index in [1.807, 2.05) is 60.7 Å². The molecule has 2 aromatic rings. The van der Waals surface area contributed by atoms with E-state index >= 15 is 0 Å². The second-order valence-electron chi connectivity index (χ2n) is 4.64. The first kappa shape index (κ1) is 14.0. The SMILES string of the molecule is [NH3+][C@@H](c1ccccc1)P(=O)(O)CCc1ccccc1. The highest BCUT2D eigenvalue weighted by Crippen LogP contribution is 2.51. The summed E-state index contributed by atoms with van der Waals surface area (Å²) in [6.07, 6.45) is 0.869. The molecule has 2 rings (SSSR count). The standard InChI is InChI=1S/C15H18NO2P/c16-15(14-9-5-2-6-10-14)19(17,18)12-11-13-7-3-1-4-8-13/h1-10,15H,11-12,16H2,(H,17,18)/p+1/t15-/m1/s1. The Balaban J connectivity index is 2.04. The van der Waals surface area contributed by atoms with Crippen LogP contribution in [-0.4, -0.2) is 11.1 Å². The third-order valence-electron chi connectivity index (χ3n) is 3.24. The molecule has 0 spiro atoms. The van der Waals surface area contributed by atoms with Gasteiger partial charge in [0.25, 0.3) is 7.37 Å². The molecule has 0 saturated heterocycles. The first-order valence-electron chi connectivity index (χ1n) is 6.33. The first-order valence-corrected chi connectivity index (χ1v) is 8.24. The second-order valence-corrected chi connectivity index (χ2v) is 7.22. The van der Waals surface area contributed by atoms with Crippen molar-refractivity contribution in [3.8, 4) is 0 Å². The van der Waals surface area contributed by atoms with Crippen LogP contribution in [0.3, 0.4) is 0 Å². The molecule has 0 fully saturated rings. The number of hydrogen-bond donors (Lipinski definition) is 2. The minimum Gasteiger partial charge on any atom is -0.343 e. The van der Waals surface area contributed by atoms with Crippen LogP contribution in [0, 0.1) is 0 Å². The Bertz CT molecular complexity index is 557. The molecular formula is C15H19NO2P+. The maximum atomic E-state index is 12.4. The van der Waals surface area contributed by atoms with Crippen LogP contribution in [-0.2, 0) is 11.0 Å². The zero-order valence-corrected chi connectivity index (χ0v) is 11.7. The van der Waals surface area contributed by atoms with E-state index < -0.39 is 13.2 Å². The van der Waals surface area contributed by atoms with Crippen LogP contribution in [0.15, 0.2) is 60.7 Å². The molecule has 0 radical (unpaired) electrons. The number of aryl methyl sites for hydroxylation is 1. The molecule has 0 aliphatic heterocycles. The minimum absolute atomic E-state index is 0.264. The lowest BCUT2D eigenvalue weighted by Crippen LogP contribution is -2.53. The van der Waals surface area contributed by atoms with E-state index in [2.05, 4.69) is 5.73 Å². The second kappa shape index (κ2) is 6.16. The van der Waals surface area contributed by atoms with Crippen LogP contribution in [0.2, 0.25) is 0 Å². The van der Waals surface area contributed by atoms with Gasteiger partial charge in [-0.2, -0.15) is 0 Å². The van der Waals surface area contributed by atoms with Crippen LogP contribution in [0.4, 0.5) is 0 Å². The third-order valence-corrected chi connectivity index (χ3v) is 5.37. The van der Waals surface area contributed by atoms with E-state index in [-0.39, 0.29) is 6.16 Å². The lowest BCUT2D eigenvalue weighted by molar-refractivity contribution is -0.397. The largest absolute Gasteiger partial charge is 0.343 e. The quantitative estimate of drug-likeness (QED) is 0.824. The van der Waals surface area contributed by atoms with Crippen molar-refractivity contribution in [2.45, 2.75) is 12.2 Å². The van der Waals surface area contributed by atoms with Crippen molar-refractivity contribution in [3.05, 3.63) is 71.8 Å². The summed E-state index contributed by atoms with van der Waals surface area (Å²) in [7, 11) is -3.28. The van der Waals surface area contributed by atoms with Crippen molar-refractivity contribution >= 4 is 7.37 Å². The van der Waals surface area contributed by atoms with Crippen molar-refractivity contribution < 1.29 is 15.2 Å². The summed E-state index contributed by atoms with van der Waals surface area (Å²) in [6.45, 7) is 0. The average Bonchev–Trinajstić information content (AvgIpc) is 2.46. The molecule has 0 saturated carbocycles. The van der Waals surface area contributed by atoms with Gasteiger partial charge >= 0.3 is 0 Å². The molecule has 3 nitrogen and oxygen atoms in total. The zero-order chi connectivity index (χ0) is 13.7. The van der Waals surface area contributed by atoms with Crippen LogP contribution < -0.4 is 5.73 Å². The summed E-state index contributed by atoms with van der Waals surface area (Å²) in [5.41, 5.74) is 5.78. The maximum Gasteiger partial charge on any atom is 0.261 e. The topological polar surface area (TPSA) is 64.9 Å². The van der Waals surface area contributed by atoms with Gasteiger partial charge in [0, 0.05) is 11.7 Å². The predicted octanol–water partition coefficient (Wildman–Crippen LogP) is 2.44. The Labute approximate surface area is 113 Å². The molecule has 19 heavy (non-hydrogen) atoms. The molecule has 4 N–H and O–H groups in total. The summed E-state index contributed by atoms with van der Waals surface area (Å²) < 4.78 is 12.4. The van der Waals surface area contributed by atoms with Gasteiger partial charge in [0.15, 0.2) is 5.78 Å². The number of rotatable bonds is 5. The first-order chi connectivity index (χ1) is 9.09. The number of benzene rings is 2. The Kier molecular flexibility index (Phi) is 4.54. The average molecular weight is 276 g/mol. The lowest BCUT2D eigenvalue weighted by atomic mass is 10.2. The van der Waals surface area contributed by atoms with Crippen molar-refractivity contribution in [2.75, 3.05) is 6.16 Å². The van der Waals surface area contributed by atoms with E-state index in [1.54, 1.807) is 0 Å². The third kappa shape index (κ3) is 3.77. The highest BCUT2D eigenvalue weighted by Gasteiger charge is 2.31. The molecular weight excluding hydrogens is 257 g/mol. The van der Waals surface area contributed by atoms with Gasteiger partial charge in [-0.05, 0) is 12.0 Å². The van der Waals surface area contributed by atoms with Crippen molar-refractivity contribution in [2.24, 2.45) is 0 Å². The highest BCUT2D eigenvalue weighted by atomic mass is 31.2. The molecule has 0 amide bonds. The number of hydrogen-bond acceptors (Lipinski definition) is 1. The fraction of sp³-hybridized carbons (Fsp3) is 0.200. The van der Waals surface area contributed by atoms with Gasteiger partial charge in [-0.1, -0.05) is 60.7 Å². The van der Waals surface area contributed by atoms with Gasteiger partial charge in [0.1, 0.15) is 0 Å². The molecule has 0 aromatic heterocycles. The molecule has 100 valence electrons. The van der Waals surface area contributed by atoms with Crippen LogP contribution in [0.5, 0.6) is 0 Å². The smallest absolute Gasteiger partial charge is 0.261 e. The fourth-order valence-electron chi connectivity index (χ4n) is 2.00. The Morgan fingerprint density at radius 2 is 1.53 bits per heavy atom. The van der Waals surface area contributed by atoms with E-state index in [0.29, 0.717) is 6.42 Å².